The van der Waals surface area contributed by atoms with Crippen LogP contribution in [0.25, 0.3) is 10.6 Å². The van der Waals surface area contributed by atoms with Gasteiger partial charge in [-0.25, -0.2) is 4.98 Å². The monoisotopic (exact) mass is 899 g/mol. The van der Waals surface area contributed by atoms with E-state index in [4.69, 9.17) is 11.6 Å². The molecule has 63 heavy (non-hydrogen) atoms. The highest BCUT2D eigenvalue weighted by atomic mass is 35.5. The lowest BCUT2D eigenvalue weighted by Crippen LogP contribution is -2.52. The molecule has 0 saturated carbocycles. The first-order valence-corrected chi connectivity index (χ1v) is 23.6. The number of thiophene rings is 1. The summed E-state index contributed by atoms with van der Waals surface area (Å²) in [5, 5.41) is 18.6. The number of benzene rings is 1. The van der Waals surface area contributed by atoms with Crippen LogP contribution in [0, 0.1) is 20.8 Å². The van der Waals surface area contributed by atoms with Crippen LogP contribution in [-0.2, 0) is 25.6 Å². The fraction of sp³-hybridized carbons (Fsp3) is 0.521. The van der Waals surface area contributed by atoms with Crippen molar-refractivity contribution in [2.45, 2.75) is 125 Å². The van der Waals surface area contributed by atoms with Crippen molar-refractivity contribution in [1.82, 2.24) is 40.6 Å². The molecule has 0 spiro atoms. The van der Waals surface area contributed by atoms with Gasteiger partial charge in [-0.05, 0) is 107 Å². The number of hydrogen-bond donors (Lipinski definition) is 3. The molecule has 6 rings (SSSR count). The van der Waals surface area contributed by atoms with Gasteiger partial charge in [0.05, 0.1) is 6.42 Å². The number of piperidine rings is 1. The zero-order valence-electron chi connectivity index (χ0n) is 38.4. The summed E-state index contributed by atoms with van der Waals surface area (Å²) in [6.07, 6.45) is 9.62. The van der Waals surface area contributed by atoms with Crippen molar-refractivity contribution in [2.24, 2.45) is 0 Å². The molecule has 340 valence electrons. The fourth-order valence-corrected chi connectivity index (χ4v) is 9.35. The molecule has 13 nitrogen and oxygen atoms in total. The Hall–Kier alpha value is -4.92. The van der Waals surface area contributed by atoms with Gasteiger partial charge < -0.3 is 15.5 Å². The van der Waals surface area contributed by atoms with Crippen LogP contribution >= 0.6 is 22.9 Å². The molecule has 2 aliphatic heterocycles. The second kappa shape index (κ2) is 23.7. The lowest BCUT2D eigenvalue weighted by atomic mass is 9.92. The Kier molecular flexibility index (Phi) is 18.5. The van der Waals surface area contributed by atoms with Gasteiger partial charge in [0.25, 0.3) is 0 Å². The molecule has 2 fully saturated rings. The van der Waals surface area contributed by atoms with Crippen LogP contribution in [-0.4, -0.2) is 93.6 Å². The van der Waals surface area contributed by atoms with E-state index in [0.717, 1.165) is 73.7 Å². The summed E-state index contributed by atoms with van der Waals surface area (Å²) in [4.78, 5) is 57.0. The first kappa shape index (κ1) is 49.1. The molecule has 3 aromatic heterocycles. The van der Waals surface area contributed by atoms with Gasteiger partial charge in [0, 0.05) is 73.6 Å². The third kappa shape index (κ3) is 14.0. The van der Waals surface area contributed by atoms with E-state index in [2.05, 4.69) is 99.2 Å². The standard InChI is InChI=1S/C26H40N6O4.C22H26ClN3S/c1-20(33)27-11-6-4-2-3-5-7-13-31-14-16-32(17-15-31)23-18-21(10-12-28-23)19-25(35)29-22-8-9-24(34)30-26(22)36;1-12(2)19(17-8-10-18(23)11-9-17)20-14(5)15(6)27-22(20)26-16(7)24-25-21(26)13(3)4/h10,12,18,22H,2-9,11,13-17,19H2,1H3,(H,27,33)(H,29,35)(H,30,34,36);8-11,13H,1-7H3. The van der Waals surface area contributed by atoms with Crippen molar-refractivity contribution in [3.8, 4) is 5.00 Å². The Morgan fingerprint density at radius 3 is 2.25 bits per heavy atom. The number of carbonyl (C=O) groups is 4. The SMILES string of the molecule is CC(=O)NCCCCCCCCN1CCN(c2cc(CC(=O)NC3CCC(=O)NC3=O)ccn2)CC1.CC(C)=C(c1ccc(Cl)cc1)c1c(-n2c(C)nnc2C(C)C)sc(C)c1C. The van der Waals surface area contributed by atoms with Crippen molar-refractivity contribution < 1.29 is 19.2 Å². The molecule has 1 unspecified atom stereocenters. The van der Waals surface area contributed by atoms with E-state index in [1.807, 2.05) is 42.5 Å². The predicted molar refractivity (Wildman–Crippen MR) is 254 cm³/mol. The molecule has 2 saturated heterocycles. The van der Waals surface area contributed by atoms with Crippen molar-refractivity contribution in [2.75, 3.05) is 44.2 Å². The van der Waals surface area contributed by atoms with E-state index in [0.29, 0.717) is 12.3 Å². The van der Waals surface area contributed by atoms with Gasteiger partial charge in [-0.1, -0.05) is 68.8 Å². The van der Waals surface area contributed by atoms with Crippen molar-refractivity contribution in [3.63, 3.8) is 0 Å². The normalized spacial score (nSPS) is 15.5. The minimum absolute atomic E-state index is 0.0491. The number of rotatable bonds is 17. The minimum atomic E-state index is -0.653. The zero-order valence-corrected chi connectivity index (χ0v) is 40.0. The van der Waals surface area contributed by atoms with Gasteiger partial charge in [0.15, 0.2) is 0 Å². The summed E-state index contributed by atoms with van der Waals surface area (Å²) in [5.74, 6) is 2.17. The number of amides is 4. The number of carbonyl (C=O) groups excluding carboxylic acids is 4. The van der Waals surface area contributed by atoms with Gasteiger partial charge in [-0.15, -0.1) is 21.5 Å². The van der Waals surface area contributed by atoms with Crippen LogP contribution in [0.1, 0.15) is 131 Å². The highest BCUT2D eigenvalue weighted by molar-refractivity contribution is 7.15. The first-order valence-electron chi connectivity index (χ1n) is 22.4. The minimum Gasteiger partial charge on any atom is -0.356 e. The number of aryl methyl sites for hydroxylation is 2. The van der Waals surface area contributed by atoms with Gasteiger partial charge in [0.1, 0.15) is 28.5 Å². The Bertz CT molecular complexity index is 2220. The molecule has 15 heteroatoms. The fourth-order valence-electron chi connectivity index (χ4n) is 8.00. The summed E-state index contributed by atoms with van der Waals surface area (Å²) >= 11 is 7.94. The van der Waals surface area contributed by atoms with Crippen LogP contribution in [0.5, 0.6) is 0 Å². The molecule has 4 aromatic rings. The Balaban J connectivity index is 0.000000247. The molecule has 4 amide bonds. The topological polar surface area (TPSA) is 154 Å². The second-order valence-corrected chi connectivity index (χ2v) is 18.8. The van der Waals surface area contributed by atoms with Crippen molar-refractivity contribution in [1.29, 1.82) is 0 Å². The maximum atomic E-state index is 12.4. The third-order valence-electron chi connectivity index (χ3n) is 11.5. The smallest absolute Gasteiger partial charge is 0.249 e. The summed E-state index contributed by atoms with van der Waals surface area (Å²) in [6.45, 7) is 22.3. The molecular weight excluding hydrogens is 834 g/mol. The number of nitrogens with one attached hydrogen (secondary N) is 3. The highest BCUT2D eigenvalue weighted by Gasteiger charge is 2.28. The number of hydrogen-bond acceptors (Lipinski definition) is 10. The van der Waals surface area contributed by atoms with Crippen molar-refractivity contribution in [3.05, 3.63) is 92.0 Å². The van der Waals surface area contributed by atoms with Crippen LogP contribution < -0.4 is 20.9 Å². The predicted octanol–water partition coefficient (Wildman–Crippen LogP) is 8.02. The third-order valence-corrected chi connectivity index (χ3v) is 13.0. The number of halogens is 1. The van der Waals surface area contributed by atoms with E-state index in [-0.39, 0.29) is 30.6 Å². The molecule has 2 aliphatic rings. The Morgan fingerprint density at radius 1 is 0.921 bits per heavy atom. The quantitative estimate of drug-likeness (QED) is 0.0707. The van der Waals surface area contributed by atoms with E-state index in [9.17, 15) is 19.2 Å². The molecule has 1 atom stereocenters. The van der Waals surface area contributed by atoms with Crippen LogP contribution in [0.4, 0.5) is 5.82 Å². The Morgan fingerprint density at radius 2 is 1.60 bits per heavy atom. The zero-order chi connectivity index (χ0) is 45.6. The van der Waals surface area contributed by atoms with E-state index in [1.165, 1.54) is 69.8 Å². The molecule has 0 radical (unpaired) electrons. The average Bonchev–Trinajstić information content (AvgIpc) is 3.77. The molecule has 0 bridgehead atoms. The number of anilines is 1. The number of imide groups is 1. The van der Waals surface area contributed by atoms with E-state index >= 15 is 0 Å². The average molecular weight is 901 g/mol. The summed E-state index contributed by atoms with van der Waals surface area (Å²) < 4.78 is 2.23. The lowest BCUT2D eigenvalue weighted by Gasteiger charge is -2.35. The maximum absolute atomic E-state index is 12.4. The van der Waals surface area contributed by atoms with Crippen LogP contribution in [0.2, 0.25) is 5.02 Å². The van der Waals surface area contributed by atoms with Gasteiger partial charge in [-0.3, -0.25) is 34.0 Å². The molecule has 1 aromatic carbocycles. The largest absolute Gasteiger partial charge is 0.356 e. The molecule has 3 N–H and O–H groups in total. The van der Waals surface area contributed by atoms with Gasteiger partial charge >= 0.3 is 0 Å². The van der Waals surface area contributed by atoms with Crippen LogP contribution in [0.3, 0.4) is 0 Å². The number of pyridine rings is 1. The number of unbranched alkanes of at least 4 members (excludes halogenated alkanes) is 5. The Labute approximate surface area is 382 Å². The molecule has 0 aliphatic carbocycles. The van der Waals surface area contributed by atoms with Gasteiger partial charge in [-0.2, -0.15) is 0 Å². The van der Waals surface area contributed by atoms with E-state index < -0.39 is 11.9 Å². The summed E-state index contributed by atoms with van der Waals surface area (Å²) in [7, 11) is 0. The van der Waals surface area contributed by atoms with Crippen molar-refractivity contribution >= 4 is 58.0 Å². The maximum Gasteiger partial charge on any atom is 0.249 e. The summed E-state index contributed by atoms with van der Waals surface area (Å²) in [5.41, 5.74) is 7.14. The first-order chi connectivity index (χ1) is 30.1. The second-order valence-electron chi connectivity index (χ2n) is 17.1. The molecule has 5 heterocycles. The lowest BCUT2D eigenvalue weighted by molar-refractivity contribution is -0.137. The summed E-state index contributed by atoms with van der Waals surface area (Å²) in [6, 6.07) is 11.2. The number of piperazine rings is 1. The van der Waals surface area contributed by atoms with E-state index in [1.54, 1.807) is 13.1 Å². The number of nitrogens with zero attached hydrogens (tertiary/aromatic N) is 6. The highest BCUT2D eigenvalue weighted by Crippen LogP contribution is 2.41. The number of aromatic nitrogens is 4. The van der Waals surface area contributed by atoms with Gasteiger partial charge in [0.2, 0.25) is 23.6 Å². The molecular formula is C48H66ClN9O4S. The number of allylic oxidation sites excluding steroid dienone is 1. The van der Waals surface area contributed by atoms with Crippen LogP contribution in [0.15, 0.2) is 48.2 Å².